The van der Waals surface area contributed by atoms with Gasteiger partial charge in [0.25, 0.3) is 0 Å². The molecule has 1 aromatic rings. The monoisotopic (exact) mass is 285 g/mol. The Morgan fingerprint density at radius 3 is 2.62 bits per heavy atom. The van der Waals surface area contributed by atoms with Gasteiger partial charge in [-0.05, 0) is 36.5 Å². The molecule has 2 N–H and O–H groups in total. The number of carbonyl (C=O) groups is 1. The second kappa shape index (κ2) is 5.34. The molecule has 2 heterocycles. The molecule has 0 spiro atoms. The summed E-state index contributed by atoms with van der Waals surface area (Å²) in [5, 5.41) is 6.50. The Bertz CT molecular complexity index is 545. The smallest absolute Gasteiger partial charge is 0.232 e. The zero-order chi connectivity index (χ0) is 14.2. The van der Waals surface area contributed by atoms with Crippen LogP contribution in [0.25, 0.3) is 0 Å². The van der Waals surface area contributed by atoms with Gasteiger partial charge in [-0.25, -0.2) is 0 Å². The molecule has 1 unspecified atom stereocenters. The van der Waals surface area contributed by atoms with Gasteiger partial charge in [-0.15, -0.1) is 0 Å². The van der Waals surface area contributed by atoms with E-state index in [1.54, 1.807) is 0 Å². The van der Waals surface area contributed by atoms with Gasteiger partial charge in [-0.3, -0.25) is 4.79 Å². The third-order valence-corrected chi connectivity index (χ3v) is 5.27. The number of hydrogen-bond acceptors (Lipinski definition) is 3. The maximum absolute atomic E-state index is 12.4. The first-order valence-corrected chi connectivity index (χ1v) is 8.23. The number of hydrogen-bond donors (Lipinski definition) is 2. The maximum Gasteiger partial charge on any atom is 0.232 e. The Morgan fingerprint density at radius 1 is 1.10 bits per heavy atom. The zero-order valence-electron chi connectivity index (χ0n) is 12.4. The topological polar surface area (TPSA) is 44.4 Å². The Morgan fingerprint density at radius 2 is 1.86 bits per heavy atom. The number of fused-ring (bicyclic) bond motifs is 1. The molecule has 0 bridgehead atoms. The van der Waals surface area contributed by atoms with Gasteiger partial charge >= 0.3 is 0 Å². The minimum absolute atomic E-state index is 0.0968. The summed E-state index contributed by atoms with van der Waals surface area (Å²) in [6, 6.07) is 6.56. The molecule has 3 aliphatic rings. The van der Waals surface area contributed by atoms with Crippen molar-refractivity contribution in [3.63, 3.8) is 0 Å². The van der Waals surface area contributed by atoms with Crippen LogP contribution >= 0.6 is 0 Å². The largest absolute Gasteiger partial charge is 0.369 e. The number of anilines is 2. The summed E-state index contributed by atoms with van der Waals surface area (Å²) in [6.07, 6.45) is 4.97. The molecule has 4 rings (SSSR count). The highest BCUT2D eigenvalue weighted by Crippen LogP contribution is 2.44. The summed E-state index contributed by atoms with van der Waals surface area (Å²) < 4.78 is 0. The second-order valence-electron chi connectivity index (χ2n) is 6.52. The van der Waals surface area contributed by atoms with E-state index in [9.17, 15) is 4.79 Å². The zero-order valence-corrected chi connectivity index (χ0v) is 12.4. The molecule has 1 saturated carbocycles. The first-order chi connectivity index (χ1) is 10.3. The van der Waals surface area contributed by atoms with Crippen molar-refractivity contribution in [3.8, 4) is 0 Å². The van der Waals surface area contributed by atoms with Crippen molar-refractivity contribution in [1.82, 2.24) is 5.32 Å². The first kappa shape index (κ1) is 13.1. The van der Waals surface area contributed by atoms with Crippen LogP contribution in [-0.4, -0.2) is 32.1 Å². The van der Waals surface area contributed by atoms with Crippen molar-refractivity contribution in [2.75, 3.05) is 36.4 Å². The second-order valence-corrected chi connectivity index (χ2v) is 6.52. The Kier molecular flexibility index (Phi) is 3.34. The van der Waals surface area contributed by atoms with Crippen LogP contribution in [0.1, 0.15) is 37.2 Å². The van der Waals surface area contributed by atoms with E-state index in [0.29, 0.717) is 5.92 Å². The molecule has 1 saturated heterocycles. The molecule has 1 aliphatic carbocycles. The Balaban J connectivity index is 1.61. The third kappa shape index (κ3) is 2.31. The molecule has 1 aromatic carbocycles. The average Bonchev–Trinajstić information content (AvgIpc) is 3.13. The lowest BCUT2D eigenvalue weighted by Gasteiger charge is -2.29. The Hall–Kier alpha value is -1.55. The number of nitrogens with zero attached hydrogens (tertiary/aromatic N) is 1. The molecule has 4 heteroatoms. The highest BCUT2D eigenvalue weighted by molar-refractivity contribution is 6.03. The van der Waals surface area contributed by atoms with E-state index in [2.05, 4.69) is 33.7 Å². The number of carbonyl (C=O) groups excluding carboxylic acids is 1. The molecule has 112 valence electrons. The van der Waals surface area contributed by atoms with Crippen molar-refractivity contribution in [2.24, 2.45) is 5.92 Å². The van der Waals surface area contributed by atoms with Crippen molar-refractivity contribution in [2.45, 2.75) is 31.6 Å². The molecule has 0 radical (unpaired) electrons. The predicted octanol–water partition coefficient (Wildman–Crippen LogP) is 2.32. The summed E-state index contributed by atoms with van der Waals surface area (Å²) in [4.78, 5) is 14.8. The van der Waals surface area contributed by atoms with Gasteiger partial charge in [-0.2, -0.15) is 0 Å². The van der Waals surface area contributed by atoms with Crippen LogP contribution in [0.5, 0.6) is 0 Å². The van der Waals surface area contributed by atoms with E-state index in [1.165, 1.54) is 36.9 Å². The fraction of sp³-hybridized carbons (Fsp3) is 0.588. The molecule has 0 aromatic heterocycles. The van der Waals surface area contributed by atoms with Crippen LogP contribution in [0.4, 0.5) is 11.4 Å². The van der Waals surface area contributed by atoms with Gasteiger partial charge in [0.2, 0.25) is 5.91 Å². The molecular formula is C17H23N3O. The van der Waals surface area contributed by atoms with Crippen LogP contribution in [0, 0.1) is 5.92 Å². The number of nitrogens with one attached hydrogen (secondary N) is 2. The van der Waals surface area contributed by atoms with E-state index in [4.69, 9.17) is 0 Å². The highest BCUT2D eigenvalue weighted by Gasteiger charge is 2.38. The van der Waals surface area contributed by atoms with Crippen LogP contribution in [0.3, 0.4) is 0 Å². The van der Waals surface area contributed by atoms with E-state index in [1.807, 2.05) is 0 Å². The number of rotatable bonds is 2. The highest BCUT2D eigenvalue weighted by atomic mass is 16.2. The number of piperazine rings is 1. The molecular weight excluding hydrogens is 262 g/mol. The number of benzene rings is 1. The molecule has 4 nitrogen and oxygen atoms in total. The SMILES string of the molecule is O=C1Nc2cc(N3CCNCC3)ccc2C1C1CCCC1. The van der Waals surface area contributed by atoms with E-state index < -0.39 is 0 Å². The lowest BCUT2D eigenvalue weighted by Crippen LogP contribution is -2.43. The summed E-state index contributed by atoms with van der Waals surface area (Å²) in [5.74, 6) is 0.866. The summed E-state index contributed by atoms with van der Waals surface area (Å²) in [7, 11) is 0. The van der Waals surface area contributed by atoms with Crippen molar-refractivity contribution < 1.29 is 4.79 Å². The van der Waals surface area contributed by atoms with Gasteiger partial charge in [0.15, 0.2) is 0 Å². The predicted molar refractivity (Wildman–Crippen MR) is 84.9 cm³/mol. The van der Waals surface area contributed by atoms with Crippen LogP contribution in [0.2, 0.25) is 0 Å². The molecule has 1 amide bonds. The average molecular weight is 285 g/mol. The molecule has 1 atom stereocenters. The maximum atomic E-state index is 12.4. The summed E-state index contributed by atoms with van der Waals surface area (Å²) >= 11 is 0. The van der Waals surface area contributed by atoms with Gasteiger partial charge in [0.05, 0.1) is 5.92 Å². The minimum Gasteiger partial charge on any atom is -0.369 e. The molecule has 2 aliphatic heterocycles. The fourth-order valence-electron chi connectivity index (χ4n) is 4.15. The Labute approximate surface area is 125 Å². The molecule has 21 heavy (non-hydrogen) atoms. The van der Waals surface area contributed by atoms with E-state index >= 15 is 0 Å². The lowest BCUT2D eigenvalue weighted by atomic mass is 9.86. The van der Waals surface area contributed by atoms with E-state index in [0.717, 1.165) is 31.9 Å². The summed E-state index contributed by atoms with van der Waals surface area (Å²) in [5.41, 5.74) is 3.52. The van der Waals surface area contributed by atoms with Crippen LogP contribution in [0.15, 0.2) is 18.2 Å². The third-order valence-electron chi connectivity index (χ3n) is 5.27. The first-order valence-electron chi connectivity index (χ1n) is 8.23. The van der Waals surface area contributed by atoms with Crippen molar-refractivity contribution in [1.29, 1.82) is 0 Å². The lowest BCUT2D eigenvalue weighted by molar-refractivity contribution is -0.118. The van der Waals surface area contributed by atoms with Crippen molar-refractivity contribution in [3.05, 3.63) is 23.8 Å². The van der Waals surface area contributed by atoms with Crippen LogP contribution in [-0.2, 0) is 4.79 Å². The number of amides is 1. The van der Waals surface area contributed by atoms with Gasteiger partial charge in [-0.1, -0.05) is 18.9 Å². The standard InChI is InChI=1S/C17H23N3O/c21-17-16(12-3-1-2-4-12)14-6-5-13(11-15(14)19-17)20-9-7-18-8-10-20/h5-6,11-12,16,18H,1-4,7-10H2,(H,19,21). The summed E-state index contributed by atoms with van der Waals surface area (Å²) in [6.45, 7) is 4.15. The van der Waals surface area contributed by atoms with Gasteiger partial charge in [0.1, 0.15) is 0 Å². The normalized spacial score (nSPS) is 26.0. The fourth-order valence-corrected chi connectivity index (χ4v) is 4.15. The minimum atomic E-state index is 0.0968. The van der Waals surface area contributed by atoms with Gasteiger partial charge in [0, 0.05) is 37.6 Å². The van der Waals surface area contributed by atoms with E-state index in [-0.39, 0.29) is 11.8 Å². The molecule has 2 fully saturated rings. The van der Waals surface area contributed by atoms with Crippen LogP contribution < -0.4 is 15.5 Å². The quantitative estimate of drug-likeness (QED) is 0.876. The van der Waals surface area contributed by atoms with Gasteiger partial charge < -0.3 is 15.5 Å². The van der Waals surface area contributed by atoms with Crippen molar-refractivity contribution >= 4 is 17.3 Å².